The molecule has 0 heterocycles. The van der Waals surface area contributed by atoms with Crippen molar-refractivity contribution in [2.24, 2.45) is 0 Å². The monoisotopic (exact) mass is 164 g/mol. The molecule has 0 aliphatic heterocycles. The molecule has 60 valence electrons. The first-order valence-electron chi connectivity index (χ1n) is 5.00. The first-order chi connectivity index (χ1) is 5.00. The molecule has 0 amide bonds. The maximum atomic E-state index is 1.50. The average Bonchev–Trinajstić information content (AvgIpc) is 2.67. The summed E-state index contributed by atoms with van der Waals surface area (Å²) in [6.45, 7) is 0. The molecule has 2 aliphatic rings. The molecular weight excluding hydrogens is 144 g/mol. The van der Waals surface area contributed by atoms with Gasteiger partial charge in [-0.2, -0.15) is 0 Å². The van der Waals surface area contributed by atoms with Crippen molar-refractivity contribution >= 4 is 23.1 Å². The molecule has 2 aliphatic carbocycles. The van der Waals surface area contributed by atoms with Gasteiger partial charge in [0.25, 0.3) is 0 Å². The fourth-order valence-corrected chi connectivity index (χ4v) is 1.77. The van der Waals surface area contributed by atoms with Gasteiger partial charge in [-0.15, -0.1) is 0 Å². The van der Waals surface area contributed by atoms with Crippen molar-refractivity contribution < 1.29 is 0 Å². The Balaban J connectivity index is 0.000000167. The van der Waals surface area contributed by atoms with Gasteiger partial charge < -0.3 is 0 Å². The predicted molar refractivity (Wildman–Crippen MR) is 51.9 cm³/mol. The van der Waals surface area contributed by atoms with E-state index in [1.807, 2.05) is 0 Å². The van der Waals surface area contributed by atoms with E-state index in [4.69, 9.17) is 0 Å². The van der Waals surface area contributed by atoms with Crippen LogP contribution in [0.2, 0.25) is 0 Å². The van der Waals surface area contributed by atoms with Gasteiger partial charge in [0.15, 0.2) is 0 Å². The largest absolute Gasteiger partial charge is 2.00 e. The van der Waals surface area contributed by atoms with E-state index >= 15 is 0 Å². The van der Waals surface area contributed by atoms with Gasteiger partial charge in [0.05, 0.1) is 0 Å². The quantitative estimate of drug-likeness (QED) is 0.481. The van der Waals surface area contributed by atoms with Crippen molar-refractivity contribution in [2.45, 2.75) is 64.2 Å². The van der Waals surface area contributed by atoms with E-state index in [0.29, 0.717) is 0 Å². The van der Waals surface area contributed by atoms with Gasteiger partial charge in [-0.3, -0.25) is 0 Å². The first-order valence-corrected chi connectivity index (χ1v) is 5.00. The maximum Gasteiger partial charge on any atom is 2.00 e. The second-order valence-electron chi connectivity index (χ2n) is 3.54. The van der Waals surface area contributed by atoms with E-state index in [-0.39, 0.29) is 23.1 Å². The van der Waals surface area contributed by atoms with E-state index in [0.717, 1.165) is 0 Å². The summed E-state index contributed by atoms with van der Waals surface area (Å²) in [4.78, 5) is 0. The molecule has 0 spiro atoms. The van der Waals surface area contributed by atoms with Crippen molar-refractivity contribution in [3.05, 3.63) is 0 Å². The van der Waals surface area contributed by atoms with Crippen molar-refractivity contribution in [2.75, 3.05) is 0 Å². The summed E-state index contributed by atoms with van der Waals surface area (Å²) in [5.74, 6) is 0. The predicted octanol–water partition coefficient (Wildman–Crippen LogP) is 3.52. The topological polar surface area (TPSA) is 0 Å². The molecule has 0 saturated heterocycles. The smallest absolute Gasteiger partial charge is 0.0533 e. The van der Waals surface area contributed by atoms with Crippen molar-refractivity contribution in [3.8, 4) is 0 Å². The van der Waals surface area contributed by atoms with Crippen LogP contribution in [0.15, 0.2) is 0 Å². The van der Waals surface area contributed by atoms with E-state index in [9.17, 15) is 0 Å². The third-order valence-electron chi connectivity index (χ3n) is 2.50. The average molecular weight is 165 g/mol. The van der Waals surface area contributed by atoms with Gasteiger partial charge in [0.2, 0.25) is 0 Å². The van der Waals surface area contributed by atoms with Crippen molar-refractivity contribution in [1.29, 1.82) is 0 Å². The Morgan fingerprint density at radius 3 is 0.455 bits per heavy atom. The molecule has 0 nitrogen and oxygen atoms in total. The second-order valence-corrected chi connectivity index (χ2v) is 3.54. The Morgan fingerprint density at radius 2 is 0.364 bits per heavy atom. The summed E-state index contributed by atoms with van der Waals surface area (Å²) < 4.78 is 0. The molecule has 2 saturated carbocycles. The Kier molecular flexibility index (Phi) is 9.48. The zero-order valence-electron chi connectivity index (χ0n) is 7.78. The molecule has 0 N–H and O–H groups in total. The third-order valence-corrected chi connectivity index (χ3v) is 2.50. The Bertz CT molecular complexity index is 38.1. The van der Waals surface area contributed by atoms with E-state index in [2.05, 4.69) is 0 Å². The molecule has 0 radical (unpaired) electrons. The minimum Gasteiger partial charge on any atom is -0.0533 e. The number of hydrogen-bond donors (Lipinski definition) is 0. The summed E-state index contributed by atoms with van der Waals surface area (Å²) in [5, 5.41) is 0. The summed E-state index contributed by atoms with van der Waals surface area (Å²) in [6.07, 6.45) is 15.0. The molecule has 0 aromatic rings. The fourth-order valence-electron chi connectivity index (χ4n) is 1.77. The van der Waals surface area contributed by atoms with Crippen LogP contribution < -0.4 is 0 Å². The fraction of sp³-hybridized carbons (Fsp3) is 1.00. The summed E-state index contributed by atoms with van der Waals surface area (Å²) >= 11 is 0. The van der Waals surface area contributed by atoms with Crippen LogP contribution in [0.4, 0.5) is 0 Å². The second kappa shape index (κ2) is 8.86. The normalized spacial score (nSPS) is 21.8. The summed E-state index contributed by atoms with van der Waals surface area (Å²) in [7, 11) is 0. The summed E-state index contributed by atoms with van der Waals surface area (Å²) in [5.41, 5.74) is 0. The maximum absolute atomic E-state index is 1.50. The Labute approximate surface area is 87.3 Å². The summed E-state index contributed by atoms with van der Waals surface area (Å²) in [6, 6.07) is 0. The van der Waals surface area contributed by atoms with Gasteiger partial charge in [0.1, 0.15) is 0 Å². The minimum absolute atomic E-state index is 0. The van der Waals surface area contributed by atoms with Crippen molar-refractivity contribution in [1.82, 2.24) is 0 Å². The zero-order valence-corrected chi connectivity index (χ0v) is 9.19. The Morgan fingerprint density at radius 1 is 0.273 bits per heavy atom. The van der Waals surface area contributed by atoms with Gasteiger partial charge in [-0.25, -0.2) is 0 Å². The molecule has 1 heteroatoms. The van der Waals surface area contributed by atoms with Gasteiger partial charge >= 0.3 is 23.1 Å². The number of rotatable bonds is 0. The van der Waals surface area contributed by atoms with Crippen LogP contribution in [-0.4, -0.2) is 23.1 Å². The molecule has 0 aromatic heterocycles. The van der Waals surface area contributed by atoms with E-state index in [1.165, 1.54) is 64.2 Å². The number of hydrogen-bond acceptors (Lipinski definition) is 0. The van der Waals surface area contributed by atoms with Crippen LogP contribution in [-0.2, 0) is 0 Å². The SMILES string of the molecule is C1CCCC1.C1CCCC1.[Mg+2]. The minimum atomic E-state index is 0. The molecule has 0 atom stereocenters. The molecular formula is C10H20Mg+2. The Hall–Kier alpha value is 0.766. The molecule has 0 bridgehead atoms. The van der Waals surface area contributed by atoms with Crippen LogP contribution in [0.25, 0.3) is 0 Å². The van der Waals surface area contributed by atoms with Crippen LogP contribution in [0, 0.1) is 0 Å². The van der Waals surface area contributed by atoms with E-state index < -0.39 is 0 Å². The standard InChI is InChI=1S/2C5H10.Mg/c2*1-2-4-5-3-1;/h2*1-5H2;/q;;+2. The van der Waals surface area contributed by atoms with Gasteiger partial charge in [-0.05, 0) is 0 Å². The molecule has 0 aromatic carbocycles. The third kappa shape index (κ3) is 7.14. The van der Waals surface area contributed by atoms with Crippen LogP contribution >= 0.6 is 0 Å². The van der Waals surface area contributed by atoms with Crippen molar-refractivity contribution in [3.63, 3.8) is 0 Å². The molecule has 2 rings (SSSR count). The van der Waals surface area contributed by atoms with Crippen LogP contribution in [0.1, 0.15) is 64.2 Å². The van der Waals surface area contributed by atoms with Gasteiger partial charge in [-0.1, -0.05) is 64.2 Å². The van der Waals surface area contributed by atoms with E-state index in [1.54, 1.807) is 0 Å². The molecule has 2 fully saturated rings. The van der Waals surface area contributed by atoms with Crippen LogP contribution in [0.5, 0.6) is 0 Å². The zero-order chi connectivity index (χ0) is 7.07. The molecule has 11 heavy (non-hydrogen) atoms. The molecule has 0 unspecified atom stereocenters. The van der Waals surface area contributed by atoms with Crippen LogP contribution in [0.3, 0.4) is 0 Å². The first kappa shape index (κ1) is 11.8. The van der Waals surface area contributed by atoms with Gasteiger partial charge in [0, 0.05) is 0 Å².